The number of likely N-dealkylation sites (tertiary alicyclic amines) is 1. The maximum atomic E-state index is 15.0. The largest absolute Gasteiger partial charge is 0.309 e. The predicted molar refractivity (Wildman–Crippen MR) is 143 cm³/mol. The fourth-order valence-electron chi connectivity index (χ4n) is 4.87. The summed E-state index contributed by atoms with van der Waals surface area (Å²) in [6, 6.07) is 12.7. The van der Waals surface area contributed by atoms with Crippen LogP contribution in [0.2, 0.25) is 5.02 Å². The minimum Gasteiger partial charge on any atom is -0.309 e. The highest BCUT2D eigenvalue weighted by atomic mass is 35.5. The quantitative estimate of drug-likeness (QED) is 0.429. The first-order chi connectivity index (χ1) is 17.9. The molecule has 0 bridgehead atoms. The third-order valence-corrected chi connectivity index (χ3v) is 8.04. The molecule has 1 aromatic heterocycles. The van der Waals surface area contributed by atoms with E-state index in [9.17, 15) is 14.0 Å². The Morgan fingerprint density at radius 3 is 2.57 bits per heavy atom. The van der Waals surface area contributed by atoms with Crippen molar-refractivity contribution in [2.45, 2.75) is 45.1 Å². The molecule has 0 aliphatic carbocycles. The van der Waals surface area contributed by atoms with Gasteiger partial charge in [-0.3, -0.25) is 14.5 Å². The number of aryl methyl sites for hydroxylation is 2. The topological polar surface area (TPSA) is 78.4 Å². The summed E-state index contributed by atoms with van der Waals surface area (Å²) in [4.78, 5) is 29.2. The van der Waals surface area contributed by atoms with Gasteiger partial charge in [-0.2, -0.15) is 0 Å². The van der Waals surface area contributed by atoms with Crippen molar-refractivity contribution in [2.24, 2.45) is 5.92 Å². The molecule has 0 radical (unpaired) electrons. The minimum atomic E-state index is -0.582. The number of piperidine rings is 1. The summed E-state index contributed by atoms with van der Waals surface area (Å²) in [5.41, 5.74) is 2.26. The molecule has 2 aliphatic rings. The van der Waals surface area contributed by atoms with Gasteiger partial charge in [0.2, 0.25) is 16.9 Å². The van der Waals surface area contributed by atoms with Crippen molar-refractivity contribution < 1.29 is 14.0 Å². The number of hydrogen-bond donors (Lipinski definition) is 1. The van der Waals surface area contributed by atoms with Crippen LogP contribution < -0.4 is 10.2 Å². The molecule has 2 amide bonds. The Morgan fingerprint density at radius 2 is 1.81 bits per heavy atom. The van der Waals surface area contributed by atoms with Crippen molar-refractivity contribution in [1.29, 1.82) is 0 Å². The van der Waals surface area contributed by atoms with E-state index < -0.39 is 11.7 Å². The van der Waals surface area contributed by atoms with E-state index in [1.165, 1.54) is 41.6 Å². The van der Waals surface area contributed by atoms with Crippen LogP contribution in [0.25, 0.3) is 0 Å². The molecule has 2 saturated heterocycles. The van der Waals surface area contributed by atoms with Gasteiger partial charge < -0.3 is 10.2 Å². The Labute approximate surface area is 224 Å². The number of carbonyl (C=O) groups is 2. The second-order valence-corrected chi connectivity index (χ2v) is 11.1. The van der Waals surface area contributed by atoms with Crippen LogP contribution in [0.4, 0.5) is 15.2 Å². The summed E-state index contributed by atoms with van der Waals surface area (Å²) in [6.07, 6.45) is 5.11. The lowest BCUT2D eigenvalue weighted by Crippen LogP contribution is -2.30. The predicted octanol–water partition coefficient (Wildman–Crippen LogP) is 5.09. The Morgan fingerprint density at radius 1 is 1.05 bits per heavy atom. The summed E-state index contributed by atoms with van der Waals surface area (Å²) in [6.45, 7) is 2.90. The van der Waals surface area contributed by atoms with E-state index in [0.717, 1.165) is 35.6 Å². The second-order valence-electron chi connectivity index (χ2n) is 9.64. The molecular formula is C27H29ClFN5O2S. The zero-order chi connectivity index (χ0) is 25.8. The first-order valence-corrected chi connectivity index (χ1v) is 13.8. The highest BCUT2D eigenvalue weighted by molar-refractivity contribution is 7.15. The van der Waals surface area contributed by atoms with E-state index in [2.05, 4.69) is 20.4 Å². The zero-order valence-electron chi connectivity index (χ0n) is 20.5. The normalized spacial score (nSPS) is 18.4. The molecule has 0 saturated carbocycles. The van der Waals surface area contributed by atoms with Crippen LogP contribution >= 0.6 is 22.9 Å². The number of nitrogens with zero attached hydrogens (tertiary/aromatic N) is 4. The molecule has 7 nitrogen and oxygen atoms in total. The number of nitrogens with one attached hydrogen (secondary N) is 1. The summed E-state index contributed by atoms with van der Waals surface area (Å²) < 4.78 is 15.0. The van der Waals surface area contributed by atoms with E-state index in [-0.39, 0.29) is 30.5 Å². The van der Waals surface area contributed by atoms with Crippen molar-refractivity contribution in [3.8, 4) is 0 Å². The van der Waals surface area contributed by atoms with E-state index in [4.69, 9.17) is 11.6 Å². The maximum absolute atomic E-state index is 15.0. The highest BCUT2D eigenvalue weighted by Crippen LogP contribution is 2.30. The molecule has 1 N–H and O–H groups in total. The van der Waals surface area contributed by atoms with Crippen molar-refractivity contribution in [3.63, 3.8) is 0 Å². The van der Waals surface area contributed by atoms with Crippen LogP contribution in [-0.2, 0) is 29.0 Å². The van der Waals surface area contributed by atoms with E-state index in [0.29, 0.717) is 23.1 Å². The number of anilines is 2. The van der Waals surface area contributed by atoms with Gasteiger partial charge in [-0.1, -0.05) is 47.6 Å². The molecule has 194 valence electrons. The molecule has 2 fully saturated rings. The first-order valence-electron chi connectivity index (χ1n) is 12.6. The molecule has 10 heteroatoms. The molecule has 5 rings (SSSR count). The molecule has 3 heterocycles. The second kappa shape index (κ2) is 11.7. The number of aromatic nitrogens is 2. The van der Waals surface area contributed by atoms with Gasteiger partial charge in [-0.05, 0) is 67.7 Å². The summed E-state index contributed by atoms with van der Waals surface area (Å²) in [7, 11) is 0. The Balaban J connectivity index is 1.15. The van der Waals surface area contributed by atoms with E-state index in [1.54, 1.807) is 6.07 Å². The lowest BCUT2D eigenvalue weighted by Gasteiger charge is -2.26. The van der Waals surface area contributed by atoms with E-state index >= 15 is 0 Å². The van der Waals surface area contributed by atoms with Crippen LogP contribution in [0.3, 0.4) is 0 Å². The molecule has 2 aliphatic heterocycles. The molecule has 3 aromatic rings. The average molecular weight is 542 g/mol. The Hall–Kier alpha value is -2.88. The fourth-order valence-corrected chi connectivity index (χ4v) is 5.74. The first kappa shape index (κ1) is 25.8. The number of amides is 2. The summed E-state index contributed by atoms with van der Waals surface area (Å²) >= 11 is 7.25. The number of halogens is 2. The van der Waals surface area contributed by atoms with Crippen LogP contribution in [-0.4, -0.2) is 46.5 Å². The maximum Gasteiger partial charge on any atom is 0.231 e. The smallest absolute Gasteiger partial charge is 0.231 e. The molecule has 0 spiro atoms. The molecule has 1 unspecified atom stereocenters. The average Bonchev–Trinajstić information content (AvgIpc) is 3.51. The van der Waals surface area contributed by atoms with Gasteiger partial charge in [0.1, 0.15) is 10.8 Å². The Bertz CT molecular complexity index is 1260. The van der Waals surface area contributed by atoms with Gasteiger partial charge in [-0.25, -0.2) is 4.39 Å². The zero-order valence-corrected chi connectivity index (χ0v) is 22.0. The molecular weight excluding hydrogens is 513 g/mol. The van der Waals surface area contributed by atoms with Gasteiger partial charge in [0, 0.05) is 31.0 Å². The number of carbonyl (C=O) groups excluding carboxylic acids is 2. The number of rotatable bonds is 8. The minimum absolute atomic E-state index is 0.0308. The van der Waals surface area contributed by atoms with Crippen LogP contribution in [0.15, 0.2) is 42.5 Å². The standard InChI is InChI=1S/C27H29ClFN5O2S/c28-21-8-4-18(5-9-21)7-11-24-31-32-27(37-24)30-26(36)20-15-25(35)34(17-20)23-10-6-19(14-22(23)29)16-33-12-2-1-3-13-33/h4-6,8-10,14,20H,1-3,7,11-13,15-17H2,(H,30,32,36). The Kier molecular flexibility index (Phi) is 8.12. The van der Waals surface area contributed by atoms with Crippen molar-refractivity contribution >= 4 is 45.6 Å². The van der Waals surface area contributed by atoms with Crippen molar-refractivity contribution in [3.05, 3.63) is 69.4 Å². The number of benzene rings is 2. The van der Waals surface area contributed by atoms with Crippen LogP contribution in [0, 0.1) is 11.7 Å². The highest BCUT2D eigenvalue weighted by Gasteiger charge is 2.36. The number of hydrogen-bond acceptors (Lipinski definition) is 6. The molecule has 37 heavy (non-hydrogen) atoms. The monoisotopic (exact) mass is 541 g/mol. The fraction of sp³-hybridized carbons (Fsp3) is 0.407. The van der Waals surface area contributed by atoms with Crippen LogP contribution in [0.5, 0.6) is 0 Å². The lowest BCUT2D eigenvalue weighted by molar-refractivity contribution is -0.122. The van der Waals surface area contributed by atoms with Gasteiger partial charge in [-0.15, -0.1) is 10.2 Å². The van der Waals surface area contributed by atoms with Gasteiger partial charge in [0.25, 0.3) is 0 Å². The van der Waals surface area contributed by atoms with Gasteiger partial charge in [0.05, 0.1) is 11.6 Å². The van der Waals surface area contributed by atoms with E-state index in [1.807, 2.05) is 30.3 Å². The van der Waals surface area contributed by atoms with Gasteiger partial charge in [0.15, 0.2) is 0 Å². The molecule has 2 aromatic carbocycles. The van der Waals surface area contributed by atoms with Crippen molar-refractivity contribution in [1.82, 2.24) is 15.1 Å². The summed E-state index contributed by atoms with van der Waals surface area (Å²) in [5.74, 6) is -1.58. The van der Waals surface area contributed by atoms with Crippen LogP contribution in [0.1, 0.15) is 41.8 Å². The SMILES string of the molecule is O=C(Nc1nnc(CCc2ccc(Cl)cc2)s1)C1CC(=O)N(c2ccc(CN3CCCCC3)cc2F)C1. The summed E-state index contributed by atoms with van der Waals surface area (Å²) in [5, 5.41) is 12.9. The third kappa shape index (κ3) is 6.52. The van der Waals surface area contributed by atoms with Crippen molar-refractivity contribution in [2.75, 3.05) is 29.9 Å². The molecule has 1 atom stereocenters. The van der Waals surface area contributed by atoms with Gasteiger partial charge >= 0.3 is 0 Å². The third-order valence-electron chi connectivity index (χ3n) is 6.89. The lowest BCUT2D eigenvalue weighted by atomic mass is 10.1.